The first-order valence-corrected chi connectivity index (χ1v) is 13.6. The summed E-state index contributed by atoms with van der Waals surface area (Å²) in [7, 11) is -3.89. The maximum absolute atomic E-state index is 13.2. The van der Waals surface area contributed by atoms with E-state index < -0.39 is 16.0 Å². The molecule has 1 saturated carbocycles. The fraction of sp³-hybridized carbons (Fsp3) is 0.320. The first-order valence-electron chi connectivity index (χ1n) is 11.3. The van der Waals surface area contributed by atoms with Crippen molar-refractivity contribution in [2.75, 3.05) is 10.0 Å². The van der Waals surface area contributed by atoms with E-state index >= 15 is 0 Å². The number of aromatic nitrogens is 1. The number of esters is 1. The van der Waals surface area contributed by atoms with Gasteiger partial charge in [-0.05, 0) is 68.1 Å². The summed E-state index contributed by atoms with van der Waals surface area (Å²) in [4.78, 5) is 29.0. The van der Waals surface area contributed by atoms with Gasteiger partial charge in [-0.1, -0.05) is 36.3 Å². The van der Waals surface area contributed by atoms with Crippen molar-refractivity contribution in [1.82, 2.24) is 4.98 Å². The Bertz CT molecular complexity index is 1360. The second kappa shape index (κ2) is 10.2. The van der Waals surface area contributed by atoms with Crippen LogP contribution in [0.15, 0.2) is 47.4 Å². The molecule has 35 heavy (non-hydrogen) atoms. The highest BCUT2D eigenvalue weighted by Gasteiger charge is 2.24. The number of sulfonamides is 1. The van der Waals surface area contributed by atoms with Crippen molar-refractivity contribution < 1.29 is 22.7 Å². The van der Waals surface area contributed by atoms with Gasteiger partial charge in [0.05, 0.1) is 15.5 Å². The molecule has 8 nitrogen and oxygen atoms in total. The average molecular weight is 514 g/mol. The summed E-state index contributed by atoms with van der Waals surface area (Å²) in [5.74, 6) is -0.0904. The second-order valence-corrected chi connectivity index (χ2v) is 11.3. The highest BCUT2D eigenvalue weighted by Crippen LogP contribution is 2.36. The minimum Gasteiger partial charge on any atom is -0.427 e. The molecular formula is C25H27N3O5S2. The van der Waals surface area contributed by atoms with Crippen molar-refractivity contribution in [2.24, 2.45) is 5.92 Å². The summed E-state index contributed by atoms with van der Waals surface area (Å²) in [6.07, 6.45) is 3.96. The zero-order valence-corrected chi connectivity index (χ0v) is 21.4. The van der Waals surface area contributed by atoms with Crippen molar-refractivity contribution in [2.45, 2.75) is 51.3 Å². The van der Waals surface area contributed by atoms with Crippen LogP contribution in [0.3, 0.4) is 0 Å². The van der Waals surface area contributed by atoms with Gasteiger partial charge in [-0.15, -0.1) is 0 Å². The highest BCUT2D eigenvalue weighted by atomic mass is 32.2. The van der Waals surface area contributed by atoms with Crippen LogP contribution in [-0.4, -0.2) is 25.3 Å². The number of hydrogen-bond donors (Lipinski definition) is 2. The Morgan fingerprint density at radius 3 is 2.40 bits per heavy atom. The number of hydrogen-bond acceptors (Lipinski definition) is 7. The van der Waals surface area contributed by atoms with Gasteiger partial charge in [-0.3, -0.25) is 14.3 Å². The molecule has 0 atom stereocenters. The van der Waals surface area contributed by atoms with Crippen LogP contribution in [0.25, 0.3) is 10.4 Å². The summed E-state index contributed by atoms with van der Waals surface area (Å²) in [5, 5.41) is 3.45. The molecule has 1 heterocycles. The third kappa shape index (κ3) is 5.88. The van der Waals surface area contributed by atoms with Crippen molar-refractivity contribution in [3.63, 3.8) is 0 Å². The monoisotopic (exact) mass is 513 g/mol. The lowest BCUT2D eigenvalue weighted by atomic mass is 10.1. The number of aryl methyl sites for hydroxylation is 2. The molecule has 0 aliphatic heterocycles. The molecule has 1 amide bonds. The number of nitrogens with zero attached hydrogens (tertiary/aromatic N) is 1. The van der Waals surface area contributed by atoms with Crippen LogP contribution in [-0.2, 0) is 19.6 Å². The van der Waals surface area contributed by atoms with E-state index in [-0.39, 0.29) is 16.7 Å². The molecule has 2 aromatic carbocycles. The SMILES string of the molecule is CC(=O)Oc1ccc(NS(=O)(=O)c2cc(-c3sc(NC(=O)C4CCCC4)nc3C)ccc2C)cc1. The lowest BCUT2D eigenvalue weighted by Crippen LogP contribution is -2.20. The zero-order chi connectivity index (χ0) is 25.2. The number of amides is 1. The molecule has 0 bridgehead atoms. The zero-order valence-electron chi connectivity index (χ0n) is 19.8. The summed E-state index contributed by atoms with van der Waals surface area (Å²) >= 11 is 1.34. The Balaban J connectivity index is 1.56. The van der Waals surface area contributed by atoms with Gasteiger partial charge < -0.3 is 10.1 Å². The van der Waals surface area contributed by atoms with E-state index in [9.17, 15) is 18.0 Å². The molecule has 3 aromatic rings. The van der Waals surface area contributed by atoms with Gasteiger partial charge in [0.2, 0.25) is 5.91 Å². The van der Waals surface area contributed by atoms with Crippen LogP contribution >= 0.6 is 11.3 Å². The van der Waals surface area contributed by atoms with Crippen LogP contribution in [0.5, 0.6) is 5.75 Å². The van der Waals surface area contributed by atoms with Gasteiger partial charge >= 0.3 is 5.97 Å². The topological polar surface area (TPSA) is 114 Å². The quantitative estimate of drug-likeness (QED) is 0.328. The van der Waals surface area contributed by atoms with Crippen molar-refractivity contribution >= 4 is 44.1 Å². The van der Waals surface area contributed by atoms with Crippen LogP contribution in [0.4, 0.5) is 10.8 Å². The predicted octanol–water partition coefficient (Wildman–Crippen LogP) is 5.28. The molecule has 1 fully saturated rings. The molecule has 0 spiro atoms. The van der Waals surface area contributed by atoms with E-state index in [1.54, 1.807) is 19.1 Å². The third-order valence-corrected chi connectivity index (χ3v) is 8.51. The smallest absolute Gasteiger partial charge is 0.308 e. The van der Waals surface area contributed by atoms with E-state index in [1.165, 1.54) is 42.5 Å². The summed E-state index contributed by atoms with van der Waals surface area (Å²) in [6, 6.07) is 11.3. The van der Waals surface area contributed by atoms with Gasteiger partial charge in [-0.25, -0.2) is 13.4 Å². The number of ether oxygens (including phenoxy) is 1. The minimum atomic E-state index is -3.89. The molecule has 4 rings (SSSR count). The van der Waals surface area contributed by atoms with E-state index in [4.69, 9.17) is 4.74 Å². The fourth-order valence-corrected chi connectivity index (χ4v) is 6.41. The number of anilines is 2. The first-order chi connectivity index (χ1) is 16.6. The van der Waals surface area contributed by atoms with Crippen molar-refractivity contribution in [3.8, 4) is 16.2 Å². The normalized spacial score (nSPS) is 14.0. The van der Waals surface area contributed by atoms with Crippen LogP contribution in [0.1, 0.15) is 43.9 Å². The average Bonchev–Trinajstić information content (AvgIpc) is 3.45. The molecule has 2 N–H and O–H groups in total. The van der Waals surface area contributed by atoms with Gasteiger partial charge in [0.25, 0.3) is 10.0 Å². The number of thiazole rings is 1. The Morgan fingerprint density at radius 2 is 1.74 bits per heavy atom. The van der Waals surface area contributed by atoms with Crippen LogP contribution in [0, 0.1) is 19.8 Å². The largest absolute Gasteiger partial charge is 0.427 e. The number of rotatable bonds is 7. The Hall–Kier alpha value is -3.24. The molecule has 0 unspecified atom stereocenters. The summed E-state index contributed by atoms with van der Waals surface area (Å²) in [6.45, 7) is 4.87. The number of benzene rings is 2. The molecule has 1 aliphatic carbocycles. The van der Waals surface area contributed by atoms with E-state index in [1.807, 2.05) is 13.0 Å². The van der Waals surface area contributed by atoms with E-state index in [0.717, 1.165) is 36.3 Å². The third-order valence-electron chi connectivity index (χ3n) is 5.86. The molecule has 10 heteroatoms. The van der Waals surface area contributed by atoms with Crippen molar-refractivity contribution in [3.05, 3.63) is 53.7 Å². The van der Waals surface area contributed by atoms with Crippen molar-refractivity contribution in [1.29, 1.82) is 0 Å². The lowest BCUT2D eigenvalue weighted by Gasteiger charge is -2.12. The van der Waals surface area contributed by atoms with E-state index in [0.29, 0.717) is 27.7 Å². The molecule has 184 valence electrons. The molecule has 0 radical (unpaired) electrons. The Labute approximate surface area is 208 Å². The molecule has 1 aromatic heterocycles. The minimum absolute atomic E-state index is 0.00102. The molecule has 0 saturated heterocycles. The van der Waals surface area contributed by atoms with Gasteiger partial charge in [0.1, 0.15) is 5.75 Å². The Kier molecular flexibility index (Phi) is 7.23. The summed E-state index contributed by atoms with van der Waals surface area (Å²) in [5.41, 5.74) is 2.36. The molecule has 1 aliphatic rings. The summed E-state index contributed by atoms with van der Waals surface area (Å²) < 4.78 is 33.9. The standard InChI is InChI=1S/C25H27N3O5S2/c1-15-8-9-19(23-16(2)26-25(34-23)27-24(30)18-6-4-5-7-18)14-22(15)35(31,32)28-20-10-12-21(13-11-20)33-17(3)29/h8-14,18,28H,4-7H2,1-3H3,(H,26,27,30). The molecular weight excluding hydrogens is 486 g/mol. The van der Waals surface area contributed by atoms with Gasteiger partial charge in [-0.2, -0.15) is 0 Å². The predicted molar refractivity (Wildman–Crippen MR) is 136 cm³/mol. The number of carbonyl (C=O) groups is 2. The Morgan fingerprint density at radius 1 is 1.06 bits per heavy atom. The second-order valence-electron chi connectivity index (χ2n) is 8.61. The number of nitrogens with one attached hydrogen (secondary N) is 2. The maximum Gasteiger partial charge on any atom is 0.308 e. The van der Waals surface area contributed by atoms with Gasteiger partial charge in [0, 0.05) is 18.5 Å². The van der Waals surface area contributed by atoms with Crippen LogP contribution < -0.4 is 14.8 Å². The highest BCUT2D eigenvalue weighted by molar-refractivity contribution is 7.92. The fourth-order valence-electron chi connectivity index (χ4n) is 4.11. The van der Waals surface area contributed by atoms with Gasteiger partial charge in [0.15, 0.2) is 5.13 Å². The number of carbonyl (C=O) groups excluding carboxylic acids is 2. The van der Waals surface area contributed by atoms with E-state index in [2.05, 4.69) is 15.0 Å². The van der Waals surface area contributed by atoms with Crippen LogP contribution in [0.2, 0.25) is 0 Å². The lowest BCUT2D eigenvalue weighted by molar-refractivity contribution is -0.131. The first kappa shape index (κ1) is 24.9. The maximum atomic E-state index is 13.2.